The van der Waals surface area contributed by atoms with Crippen LogP contribution in [0.25, 0.3) is 0 Å². The quantitative estimate of drug-likeness (QED) is 0.748. The molecule has 2 rings (SSSR count). The summed E-state index contributed by atoms with van der Waals surface area (Å²) in [4.78, 5) is 0.242. The molecule has 1 fully saturated rings. The first-order valence-electron chi connectivity index (χ1n) is 7.47. The Morgan fingerprint density at radius 3 is 2.38 bits per heavy atom. The summed E-state index contributed by atoms with van der Waals surface area (Å²) in [6, 6.07) is 7.17. The monoisotopic (exact) mass is 317 g/mol. The van der Waals surface area contributed by atoms with E-state index in [1.54, 1.807) is 24.3 Å². The van der Waals surface area contributed by atoms with E-state index in [4.69, 9.17) is 0 Å². The molecule has 118 valence electrons. The zero-order chi connectivity index (χ0) is 15.5. The Morgan fingerprint density at radius 1 is 1.19 bits per heavy atom. The van der Waals surface area contributed by atoms with E-state index in [-0.39, 0.29) is 16.7 Å². The number of rotatable bonds is 5. The van der Waals surface area contributed by atoms with Gasteiger partial charge in [-0.1, -0.05) is 32.4 Å². The van der Waals surface area contributed by atoms with Crippen molar-refractivity contribution in [1.29, 1.82) is 0 Å². The van der Waals surface area contributed by atoms with Gasteiger partial charge in [-0.15, -0.1) is 0 Å². The first-order valence-corrected chi connectivity index (χ1v) is 8.28. The molecule has 0 spiro atoms. The Kier molecular flexibility index (Phi) is 5.60. The highest BCUT2D eigenvalue weighted by atomic mass is 32.2. The molecule has 0 radical (unpaired) electrons. The van der Waals surface area contributed by atoms with Gasteiger partial charge in [0.1, 0.15) is 0 Å². The number of benzene rings is 1. The third kappa shape index (κ3) is 4.92. The van der Waals surface area contributed by atoms with Gasteiger partial charge in [-0.3, -0.25) is 0 Å². The fraction of sp³-hybridized carbons (Fsp3) is 0.625. The molecule has 5 heteroatoms. The zero-order valence-corrected chi connectivity index (χ0v) is 13.2. The van der Waals surface area contributed by atoms with Crippen LogP contribution >= 0.6 is 11.8 Å². The van der Waals surface area contributed by atoms with Crippen molar-refractivity contribution in [2.75, 3.05) is 0 Å². The molecule has 0 bridgehead atoms. The lowest BCUT2D eigenvalue weighted by atomic mass is 9.93. The van der Waals surface area contributed by atoms with Gasteiger partial charge in [0.25, 0.3) is 0 Å². The fourth-order valence-electron chi connectivity index (χ4n) is 3.17. The molecule has 1 aromatic carbocycles. The minimum absolute atomic E-state index is 0.0639. The standard InChI is InChI=1S/C16H22F3NS/c1-3-13-6-9-15(11(13)2)20-10-12-4-7-14(8-5-12)21-16(17,18)19/h4-5,7-8,11,13,15,20H,3,6,9-10H2,1-2H3. The maximum Gasteiger partial charge on any atom is 0.446 e. The molecule has 1 aliphatic rings. The number of alkyl halides is 3. The van der Waals surface area contributed by atoms with Gasteiger partial charge in [0, 0.05) is 17.5 Å². The second-order valence-electron chi connectivity index (χ2n) is 5.78. The highest BCUT2D eigenvalue weighted by Gasteiger charge is 2.31. The average Bonchev–Trinajstić information content (AvgIpc) is 2.77. The van der Waals surface area contributed by atoms with Gasteiger partial charge in [0.15, 0.2) is 0 Å². The fourth-order valence-corrected chi connectivity index (χ4v) is 3.71. The van der Waals surface area contributed by atoms with Crippen molar-refractivity contribution in [2.45, 2.75) is 56.1 Å². The van der Waals surface area contributed by atoms with Gasteiger partial charge in [0.2, 0.25) is 0 Å². The van der Waals surface area contributed by atoms with Crippen LogP contribution in [0.15, 0.2) is 29.2 Å². The lowest BCUT2D eigenvalue weighted by Gasteiger charge is -2.21. The SMILES string of the molecule is CCC1CCC(NCc2ccc(SC(F)(F)F)cc2)C1C. The van der Waals surface area contributed by atoms with Crippen LogP contribution in [0, 0.1) is 11.8 Å². The molecule has 1 N–H and O–H groups in total. The van der Waals surface area contributed by atoms with Crippen LogP contribution in [0.3, 0.4) is 0 Å². The van der Waals surface area contributed by atoms with Crippen LogP contribution in [0.4, 0.5) is 13.2 Å². The maximum absolute atomic E-state index is 12.3. The van der Waals surface area contributed by atoms with Crippen LogP contribution in [-0.4, -0.2) is 11.6 Å². The normalized spacial score (nSPS) is 26.2. The molecule has 0 aliphatic heterocycles. The Morgan fingerprint density at radius 2 is 1.86 bits per heavy atom. The van der Waals surface area contributed by atoms with Gasteiger partial charge in [0.05, 0.1) is 0 Å². The highest BCUT2D eigenvalue weighted by molar-refractivity contribution is 8.00. The highest BCUT2D eigenvalue weighted by Crippen LogP contribution is 2.37. The third-order valence-corrected chi connectivity index (χ3v) is 5.22. The first kappa shape index (κ1) is 16.7. The van der Waals surface area contributed by atoms with Gasteiger partial charge in [-0.05, 0) is 54.1 Å². The Balaban J connectivity index is 1.84. The van der Waals surface area contributed by atoms with E-state index in [1.807, 2.05) is 0 Å². The summed E-state index contributed by atoms with van der Waals surface area (Å²) in [6.45, 7) is 5.25. The van der Waals surface area contributed by atoms with Gasteiger partial charge >= 0.3 is 5.51 Å². The van der Waals surface area contributed by atoms with E-state index in [2.05, 4.69) is 19.2 Å². The minimum Gasteiger partial charge on any atom is -0.310 e. The molecule has 3 unspecified atom stereocenters. The summed E-state index contributed by atoms with van der Waals surface area (Å²) in [5.41, 5.74) is -3.18. The molecule has 1 saturated carbocycles. The topological polar surface area (TPSA) is 12.0 Å². The van der Waals surface area contributed by atoms with Crippen LogP contribution in [0.1, 0.15) is 38.7 Å². The van der Waals surface area contributed by atoms with E-state index < -0.39 is 5.51 Å². The number of thioether (sulfide) groups is 1. The van der Waals surface area contributed by atoms with Crippen LogP contribution < -0.4 is 5.32 Å². The summed E-state index contributed by atoms with van der Waals surface area (Å²) >= 11 is -0.0639. The van der Waals surface area contributed by atoms with Crippen molar-refractivity contribution in [3.05, 3.63) is 29.8 Å². The van der Waals surface area contributed by atoms with Crippen molar-refractivity contribution in [2.24, 2.45) is 11.8 Å². The lowest BCUT2D eigenvalue weighted by Crippen LogP contribution is -2.32. The predicted octanol–water partition coefficient (Wildman–Crippen LogP) is 5.21. The molecule has 0 saturated heterocycles. The third-order valence-electron chi connectivity index (χ3n) is 4.48. The van der Waals surface area contributed by atoms with Crippen LogP contribution in [-0.2, 0) is 6.54 Å². The summed E-state index contributed by atoms with van der Waals surface area (Å²) in [7, 11) is 0. The molecule has 3 atom stereocenters. The van der Waals surface area contributed by atoms with Crippen molar-refractivity contribution < 1.29 is 13.2 Å². The molecular weight excluding hydrogens is 295 g/mol. The Labute approximate surface area is 128 Å². The minimum atomic E-state index is -4.21. The smallest absolute Gasteiger partial charge is 0.310 e. The molecule has 1 nitrogen and oxygen atoms in total. The van der Waals surface area contributed by atoms with E-state index in [0.29, 0.717) is 12.0 Å². The van der Waals surface area contributed by atoms with Gasteiger partial charge in [-0.25, -0.2) is 0 Å². The first-order chi connectivity index (χ1) is 9.89. The van der Waals surface area contributed by atoms with Crippen LogP contribution in [0.5, 0.6) is 0 Å². The zero-order valence-electron chi connectivity index (χ0n) is 12.4. The second kappa shape index (κ2) is 7.05. The Hall–Kier alpha value is -0.680. The van der Waals surface area contributed by atoms with E-state index in [0.717, 1.165) is 18.0 Å². The van der Waals surface area contributed by atoms with Crippen molar-refractivity contribution in [3.8, 4) is 0 Å². The van der Waals surface area contributed by atoms with Crippen molar-refractivity contribution >= 4 is 11.8 Å². The van der Waals surface area contributed by atoms with Crippen molar-refractivity contribution in [3.63, 3.8) is 0 Å². The molecule has 1 aromatic rings. The molecule has 0 heterocycles. The van der Waals surface area contributed by atoms with Crippen LogP contribution in [0.2, 0.25) is 0 Å². The number of hydrogen-bond donors (Lipinski definition) is 1. The molecule has 1 aliphatic carbocycles. The summed E-state index contributed by atoms with van der Waals surface area (Å²) in [6.07, 6.45) is 3.70. The second-order valence-corrected chi connectivity index (χ2v) is 6.92. The summed E-state index contributed by atoms with van der Waals surface area (Å²) in [5.74, 6) is 1.48. The lowest BCUT2D eigenvalue weighted by molar-refractivity contribution is -0.0328. The molecule has 0 aromatic heterocycles. The van der Waals surface area contributed by atoms with Gasteiger partial charge in [-0.2, -0.15) is 13.2 Å². The average molecular weight is 317 g/mol. The molecule has 21 heavy (non-hydrogen) atoms. The van der Waals surface area contributed by atoms with Gasteiger partial charge < -0.3 is 5.32 Å². The molecular formula is C16H22F3NS. The number of hydrogen-bond acceptors (Lipinski definition) is 2. The maximum atomic E-state index is 12.3. The summed E-state index contributed by atoms with van der Waals surface area (Å²) in [5, 5.41) is 3.55. The number of nitrogens with one attached hydrogen (secondary N) is 1. The van der Waals surface area contributed by atoms with E-state index in [1.165, 1.54) is 19.3 Å². The van der Waals surface area contributed by atoms with E-state index in [9.17, 15) is 13.2 Å². The Bertz CT molecular complexity index is 444. The number of halogens is 3. The van der Waals surface area contributed by atoms with E-state index >= 15 is 0 Å². The largest absolute Gasteiger partial charge is 0.446 e. The molecule has 0 amide bonds. The summed E-state index contributed by atoms with van der Waals surface area (Å²) < 4.78 is 36.8. The van der Waals surface area contributed by atoms with Crippen molar-refractivity contribution in [1.82, 2.24) is 5.32 Å². The predicted molar refractivity (Wildman–Crippen MR) is 81.2 cm³/mol.